The molecule has 0 bridgehead atoms. The SMILES string of the molecule is CC(C)(O)CN(CCCCC#N)Cc1ccccc1. The summed E-state index contributed by atoms with van der Waals surface area (Å²) >= 11 is 0. The fourth-order valence-corrected chi connectivity index (χ4v) is 2.14. The molecule has 3 heteroatoms. The average molecular weight is 260 g/mol. The molecule has 0 saturated carbocycles. The van der Waals surface area contributed by atoms with Gasteiger partial charge in [0.2, 0.25) is 0 Å². The van der Waals surface area contributed by atoms with E-state index in [9.17, 15) is 5.11 Å². The summed E-state index contributed by atoms with van der Waals surface area (Å²) in [6.07, 6.45) is 2.53. The van der Waals surface area contributed by atoms with Gasteiger partial charge in [0, 0.05) is 19.5 Å². The van der Waals surface area contributed by atoms with Crippen LogP contribution in [0.15, 0.2) is 30.3 Å². The highest BCUT2D eigenvalue weighted by atomic mass is 16.3. The third kappa shape index (κ3) is 7.61. The first-order valence-corrected chi connectivity index (χ1v) is 6.87. The lowest BCUT2D eigenvalue weighted by Crippen LogP contribution is -2.38. The van der Waals surface area contributed by atoms with Gasteiger partial charge in [0.05, 0.1) is 11.7 Å². The maximum absolute atomic E-state index is 9.97. The molecule has 0 aliphatic heterocycles. The summed E-state index contributed by atoms with van der Waals surface area (Å²) in [5.41, 5.74) is 0.566. The minimum Gasteiger partial charge on any atom is -0.389 e. The molecule has 104 valence electrons. The highest BCUT2D eigenvalue weighted by Gasteiger charge is 2.18. The minimum absolute atomic E-state index is 0.613. The van der Waals surface area contributed by atoms with E-state index in [1.807, 2.05) is 32.0 Å². The molecule has 0 amide bonds. The number of hydrogen-bond acceptors (Lipinski definition) is 3. The van der Waals surface area contributed by atoms with Gasteiger partial charge in [-0.05, 0) is 38.8 Å². The van der Waals surface area contributed by atoms with Gasteiger partial charge in [0.15, 0.2) is 0 Å². The van der Waals surface area contributed by atoms with Crippen LogP contribution in [0.4, 0.5) is 0 Å². The predicted octanol–water partition coefficient (Wildman–Crippen LogP) is 2.95. The van der Waals surface area contributed by atoms with E-state index in [1.165, 1.54) is 5.56 Å². The van der Waals surface area contributed by atoms with Crippen LogP contribution in [-0.4, -0.2) is 28.7 Å². The highest BCUT2D eigenvalue weighted by Crippen LogP contribution is 2.11. The Morgan fingerprint density at radius 2 is 1.89 bits per heavy atom. The van der Waals surface area contributed by atoms with E-state index >= 15 is 0 Å². The van der Waals surface area contributed by atoms with E-state index in [2.05, 4.69) is 23.1 Å². The Morgan fingerprint density at radius 1 is 1.21 bits per heavy atom. The Bertz CT molecular complexity index is 389. The van der Waals surface area contributed by atoms with Crippen molar-refractivity contribution in [3.8, 4) is 6.07 Å². The molecule has 3 nitrogen and oxygen atoms in total. The van der Waals surface area contributed by atoms with Crippen LogP contribution in [0, 0.1) is 11.3 Å². The van der Waals surface area contributed by atoms with Gasteiger partial charge in [-0.1, -0.05) is 30.3 Å². The second-order valence-corrected chi connectivity index (χ2v) is 5.62. The Labute approximate surface area is 116 Å². The zero-order valence-electron chi connectivity index (χ0n) is 12.0. The largest absolute Gasteiger partial charge is 0.389 e. The van der Waals surface area contributed by atoms with E-state index in [1.54, 1.807) is 0 Å². The van der Waals surface area contributed by atoms with Crippen LogP contribution in [0.3, 0.4) is 0 Å². The Morgan fingerprint density at radius 3 is 2.47 bits per heavy atom. The molecule has 0 saturated heterocycles. The number of hydrogen-bond donors (Lipinski definition) is 1. The Kier molecular flexibility index (Phi) is 6.55. The monoisotopic (exact) mass is 260 g/mol. The minimum atomic E-state index is -0.690. The number of nitriles is 1. The summed E-state index contributed by atoms with van der Waals surface area (Å²) in [5, 5.41) is 18.5. The quantitative estimate of drug-likeness (QED) is 0.731. The molecule has 19 heavy (non-hydrogen) atoms. The van der Waals surface area contributed by atoms with Gasteiger partial charge >= 0.3 is 0 Å². The van der Waals surface area contributed by atoms with Crippen LogP contribution in [0.2, 0.25) is 0 Å². The van der Waals surface area contributed by atoms with Crippen LogP contribution >= 0.6 is 0 Å². The molecule has 0 heterocycles. The summed E-state index contributed by atoms with van der Waals surface area (Å²) in [7, 11) is 0. The second-order valence-electron chi connectivity index (χ2n) is 5.62. The van der Waals surface area contributed by atoms with Gasteiger partial charge in [-0.3, -0.25) is 4.90 Å². The fourth-order valence-electron chi connectivity index (χ4n) is 2.14. The number of aliphatic hydroxyl groups is 1. The van der Waals surface area contributed by atoms with Crippen LogP contribution in [0.1, 0.15) is 38.7 Å². The molecular formula is C16H24N2O. The topological polar surface area (TPSA) is 47.3 Å². The third-order valence-electron chi connectivity index (χ3n) is 2.87. The lowest BCUT2D eigenvalue weighted by atomic mass is 10.1. The maximum Gasteiger partial charge on any atom is 0.0718 e. The van der Waals surface area contributed by atoms with Crippen LogP contribution in [0.25, 0.3) is 0 Å². The molecule has 0 aliphatic rings. The van der Waals surface area contributed by atoms with Crippen molar-refractivity contribution in [2.45, 2.75) is 45.3 Å². The third-order valence-corrected chi connectivity index (χ3v) is 2.87. The lowest BCUT2D eigenvalue weighted by molar-refractivity contribution is 0.0330. The van der Waals surface area contributed by atoms with Crippen molar-refractivity contribution >= 4 is 0 Å². The molecule has 0 atom stereocenters. The van der Waals surface area contributed by atoms with Crippen LogP contribution in [-0.2, 0) is 6.54 Å². The van der Waals surface area contributed by atoms with Crippen molar-refractivity contribution in [2.75, 3.05) is 13.1 Å². The van der Waals surface area contributed by atoms with Gasteiger partial charge in [-0.15, -0.1) is 0 Å². The van der Waals surface area contributed by atoms with Gasteiger partial charge in [-0.2, -0.15) is 5.26 Å². The molecule has 0 aromatic heterocycles. The standard InChI is InChI=1S/C16H24N2O/c1-16(2,19)14-18(12-8-4-7-11-17)13-15-9-5-3-6-10-15/h3,5-6,9-10,19H,4,7-8,12-14H2,1-2H3. The molecule has 1 rings (SSSR count). The molecule has 0 aliphatic carbocycles. The summed E-state index contributed by atoms with van der Waals surface area (Å²) < 4.78 is 0. The van der Waals surface area contributed by atoms with Crippen LogP contribution in [0.5, 0.6) is 0 Å². The first-order valence-electron chi connectivity index (χ1n) is 6.87. The number of rotatable bonds is 8. The highest BCUT2D eigenvalue weighted by molar-refractivity contribution is 5.14. The lowest BCUT2D eigenvalue weighted by Gasteiger charge is -2.29. The Hall–Kier alpha value is -1.37. The molecule has 0 fully saturated rings. The van der Waals surface area contributed by atoms with E-state index in [4.69, 9.17) is 5.26 Å². The summed E-state index contributed by atoms with van der Waals surface area (Å²) in [4.78, 5) is 2.26. The fraction of sp³-hybridized carbons (Fsp3) is 0.562. The molecule has 1 aromatic rings. The number of benzene rings is 1. The van der Waals surface area contributed by atoms with Gasteiger partial charge < -0.3 is 5.11 Å². The molecular weight excluding hydrogens is 236 g/mol. The first kappa shape index (κ1) is 15.7. The van der Waals surface area contributed by atoms with Crippen molar-refractivity contribution in [1.29, 1.82) is 5.26 Å². The van der Waals surface area contributed by atoms with Gasteiger partial charge in [0.1, 0.15) is 0 Å². The molecule has 0 radical (unpaired) electrons. The maximum atomic E-state index is 9.97. The van der Waals surface area contributed by atoms with Crippen molar-refractivity contribution in [3.63, 3.8) is 0 Å². The van der Waals surface area contributed by atoms with E-state index in [0.717, 1.165) is 25.9 Å². The molecule has 1 aromatic carbocycles. The van der Waals surface area contributed by atoms with E-state index in [-0.39, 0.29) is 0 Å². The summed E-state index contributed by atoms with van der Waals surface area (Å²) in [5.74, 6) is 0. The van der Waals surface area contributed by atoms with Gasteiger partial charge in [-0.25, -0.2) is 0 Å². The van der Waals surface area contributed by atoms with E-state index < -0.39 is 5.60 Å². The average Bonchev–Trinajstić information content (AvgIpc) is 2.34. The van der Waals surface area contributed by atoms with Crippen molar-refractivity contribution in [3.05, 3.63) is 35.9 Å². The number of unbranched alkanes of at least 4 members (excludes halogenated alkanes) is 2. The van der Waals surface area contributed by atoms with E-state index in [0.29, 0.717) is 13.0 Å². The van der Waals surface area contributed by atoms with Gasteiger partial charge in [0.25, 0.3) is 0 Å². The zero-order chi connectivity index (χ0) is 14.1. The smallest absolute Gasteiger partial charge is 0.0718 e. The first-order chi connectivity index (χ1) is 9.01. The molecule has 1 N–H and O–H groups in total. The molecule has 0 spiro atoms. The number of nitrogens with zero attached hydrogens (tertiary/aromatic N) is 2. The summed E-state index contributed by atoms with van der Waals surface area (Å²) in [6.45, 7) is 6.08. The summed E-state index contributed by atoms with van der Waals surface area (Å²) in [6, 6.07) is 12.5. The van der Waals surface area contributed by atoms with Crippen molar-refractivity contribution < 1.29 is 5.11 Å². The predicted molar refractivity (Wildman–Crippen MR) is 77.5 cm³/mol. The van der Waals surface area contributed by atoms with Crippen LogP contribution < -0.4 is 0 Å². The van der Waals surface area contributed by atoms with Crippen molar-refractivity contribution in [2.24, 2.45) is 0 Å². The second kappa shape index (κ2) is 7.93. The molecule has 0 unspecified atom stereocenters. The zero-order valence-corrected chi connectivity index (χ0v) is 12.0. The van der Waals surface area contributed by atoms with Crippen molar-refractivity contribution in [1.82, 2.24) is 4.90 Å². The normalized spacial score (nSPS) is 11.5. The Balaban J connectivity index is 2.52.